The van der Waals surface area contributed by atoms with E-state index in [0.717, 1.165) is 55.4 Å². The van der Waals surface area contributed by atoms with E-state index in [1.165, 1.54) is 25.0 Å². The molecule has 0 bridgehead atoms. The Morgan fingerprint density at radius 3 is 2.82 bits per heavy atom. The van der Waals surface area contributed by atoms with Gasteiger partial charge in [0, 0.05) is 57.1 Å². The first-order chi connectivity index (χ1) is 16.1. The SMILES string of the molecule is Cn1cc(-c2ccnc(N3CCCC3)n2)c([C@@H]2CCCN(C(=O)Cc3cccc(F)c3)C2)n1. The number of halogens is 1. The predicted molar refractivity (Wildman–Crippen MR) is 124 cm³/mol. The number of amides is 1. The van der Waals surface area contributed by atoms with E-state index >= 15 is 0 Å². The average Bonchev–Trinajstić information content (AvgIpc) is 3.49. The molecule has 0 unspecified atom stereocenters. The molecule has 0 spiro atoms. The molecule has 0 saturated carbocycles. The normalized spacial score (nSPS) is 18.7. The number of carbonyl (C=O) groups excluding carboxylic acids is 1. The number of carbonyl (C=O) groups is 1. The van der Waals surface area contributed by atoms with Gasteiger partial charge in [0.15, 0.2) is 0 Å². The summed E-state index contributed by atoms with van der Waals surface area (Å²) in [7, 11) is 1.92. The van der Waals surface area contributed by atoms with Crippen LogP contribution in [0.25, 0.3) is 11.3 Å². The number of rotatable bonds is 5. The van der Waals surface area contributed by atoms with Crippen LogP contribution in [0.4, 0.5) is 10.3 Å². The second-order valence-electron chi connectivity index (χ2n) is 9.02. The lowest BCUT2D eigenvalue weighted by Crippen LogP contribution is -2.40. The minimum absolute atomic E-state index is 0.0288. The van der Waals surface area contributed by atoms with Crippen molar-refractivity contribution < 1.29 is 9.18 Å². The van der Waals surface area contributed by atoms with Gasteiger partial charge >= 0.3 is 0 Å². The highest BCUT2D eigenvalue weighted by Gasteiger charge is 2.29. The molecule has 33 heavy (non-hydrogen) atoms. The summed E-state index contributed by atoms with van der Waals surface area (Å²) in [6.07, 6.45) is 8.28. The second-order valence-corrected chi connectivity index (χ2v) is 9.02. The zero-order valence-corrected chi connectivity index (χ0v) is 19.0. The molecule has 3 aromatic rings. The van der Waals surface area contributed by atoms with Crippen LogP contribution in [-0.4, -0.2) is 56.7 Å². The number of anilines is 1. The maximum atomic E-state index is 13.5. The maximum Gasteiger partial charge on any atom is 0.227 e. The van der Waals surface area contributed by atoms with Gasteiger partial charge in [0.2, 0.25) is 11.9 Å². The van der Waals surface area contributed by atoms with Crippen molar-refractivity contribution in [1.82, 2.24) is 24.6 Å². The van der Waals surface area contributed by atoms with Gasteiger partial charge in [0.1, 0.15) is 5.82 Å². The van der Waals surface area contributed by atoms with Crippen LogP contribution in [0.15, 0.2) is 42.7 Å². The van der Waals surface area contributed by atoms with Crippen LogP contribution in [0, 0.1) is 5.82 Å². The van der Waals surface area contributed by atoms with E-state index in [0.29, 0.717) is 12.1 Å². The highest BCUT2D eigenvalue weighted by atomic mass is 19.1. The highest BCUT2D eigenvalue weighted by Crippen LogP contribution is 2.33. The van der Waals surface area contributed by atoms with E-state index in [9.17, 15) is 9.18 Å². The molecule has 2 saturated heterocycles. The predicted octanol–water partition coefficient (Wildman–Crippen LogP) is 3.57. The monoisotopic (exact) mass is 448 g/mol. The summed E-state index contributed by atoms with van der Waals surface area (Å²) in [6.45, 7) is 3.32. The summed E-state index contributed by atoms with van der Waals surface area (Å²) in [5, 5.41) is 4.78. The topological polar surface area (TPSA) is 67.2 Å². The van der Waals surface area contributed by atoms with Crippen molar-refractivity contribution in [3.8, 4) is 11.3 Å². The van der Waals surface area contributed by atoms with Crippen LogP contribution in [0.3, 0.4) is 0 Å². The van der Waals surface area contributed by atoms with Crippen molar-refractivity contribution >= 4 is 11.9 Å². The van der Waals surface area contributed by atoms with Gasteiger partial charge in [-0.1, -0.05) is 12.1 Å². The fourth-order valence-corrected chi connectivity index (χ4v) is 4.93. The summed E-state index contributed by atoms with van der Waals surface area (Å²) >= 11 is 0. The zero-order valence-electron chi connectivity index (χ0n) is 19.0. The van der Waals surface area contributed by atoms with Crippen molar-refractivity contribution in [1.29, 1.82) is 0 Å². The van der Waals surface area contributed by atoms with Crippen LogP contribution in [0.5, 0.6) is 0 Å². The number of likely N-dealkylation sites (tertiary alicyclic amines) is 1. The van der Waals surface area contributed by atoms with Crippen LogP contribution in [0.2, 0.25) is 0 Å². The van der Waals surface area contributed by atoms with Gasteiger partial charge in [-0.2, -0.15) is 5.10 Å². The third-order valence-electron chi connectivity index (χ3n) is 6.57. The minimum Gasteiger partial charge on any atom is -0.342 e. The van der Waals surface area contributed by atoms with E-state index in [1.54, 1.807) is 12.1 Å². The van der Waals surface area contributed by atoms with Crippen molar-refractivity contribution in [3.63, 3.8) is 0 Å². The molecule has 1 atom stereocenters. The minimum atomic E-state index is -0.312. The van der Waals surface area contributed by atoms with E-state index < -0.39 is 0 Å². The Balaban J connectivity index is 1.36. The van der Waals surface area contributed by atoms with Gasteiger partial charge < -0.3 is 9.80 Å². The van der Waals surface area contributed by atoms with E-state index in [4.69, 9.17) is 10.1 Å². The number of aryl methyl sites for hydroxylation is 1. The van der Waals surface area contributed by atoms with Crippen molar-refractivity contribution in [2.24, 2.45) is 7.05 Å². The first-order valence-electron chi connectivity index (χ1n) is 11.7. The van der Waals surface area contributed by atoms with Crippen LogP contribution in [0.1, 0.15) is 42.9 Å². The Labute approximate surface area is 193 Å². The van der Waals surface area contributed by atoms with Gasteiger partial charge in [0.25, 0.3) is 0 Å². The third-order valence-corrected chi connectivity index (χ3v) is 6.57. The van der Waals surface area contributed by atoms with E-state index in [2.05, 4.69) is 9.88 Å². The lowest BCUT2D eigenvalue weighted by molar-refractivity contribution is -0.131. The number of piperidine rings is 1. The largest absolute Gasteiger partial charge is 0.342 e. The molecular formula is C25H29FN6O. The first kappa shape index (κ1) is 21.6. The molecule has 5 rings (SSSR count). The second kappa shape index (κ2) is 9.29. The lowest BCUT2D eigenvalue weighted by Gasteiger charge is -2.32. The average molecular weight is 449 g/mol. The van der Waals surface area contributed by atoms with Crippen LogP contribution < -0.4 is 4.90 Å². The molecule has 2 aliphatic heterocycles. The fourth-order valence-electron chi connectivity index (χ4n) is 4.93. The van der Waals surface area contributed by atoms with Crippen molar-refractivity contribution in [2.45, 2.75) is 38.0 Å². The lowest BCUT2D eigenvalue weighted by atomic mass is 9.91. The molecule has 2 fully saturated rings. The van der Waals surface area contributed by atoms with Crippen LogP contribution >= 0.6 is 0 Å². The fraction of sp³-hybridized carbons (Fsp3) is 0.440. The molecule has 4 heterocycles. The first-order valence-corrected chi connectivity index (χ1v) is 11.7. The van der Waals surface area contributed by atoms with Gasteiger partial charge in [-0.05, 0) is 49.4 Å². The Hall–Kier alpha value is -3.29. The summed E-state index contributed by atoms with van der Waals surface area (Å²) in [6, 6.07) is 8.22. The van der Waals surface area contributed by atoms with Gasteiger partial charge in [-0.25, -0.2) is 14.4 Å². The number of hydrogen-bond acceptors (Lipinski definition) is 5. The summed E-state index contributed by atoms with van der Waals surface area (Å²) in [5.41, 5.74) is 3.56. The van der Waals surface area contributed by atoms with Crippen molar-refractivity contribution in [2.75, 3.05) is 31.1 Å². The number of hydrogen-bond donors (Lipinski definition) is 0. The highest BCUT2D eigenvalue weighted by molar-refractivity contribution is 5.79. The van der Waals surface area contributed by atoms with E-state index in [1.807, 2.05) is 35.1 Å². The number of nitrogens with zero attached hydrogens (tertiary/aromatic N) is 6. The molecule has 7 nitrogen and oxygen atoms in total. The maximum absolute atomic E-state index is 13.5. The molecule has 1 aromatic carbocycles. The summed E-state index contributed by atoms with van der Waals surface area (Å²) in [5.74, 6) is 0.626. The Bertz CT molecular complexity index is 1140. The Morgan fingerprint density at radius 1 is 1.15 bits per heavy atom. The molecule has 0 radical (unpaired) electrons. The van der Waals surface area contributed by atoms with Gasteiger partial charge in [-0.15, -0.1) is 0 Å². The summed E-state index contributed by atoms with van der Waals surface area (Å²) < 4.78 is 15.4. The molecule has 0 aliphatic carbocycles. The van der Waals surface area contributed by atoms with Gasteiger partial charge in [0.05, 0.1) is 17.8 Å². The number of aromatic nitrogens is 4. The molecular weight excluding hydrogens is 419 g/mol. The Morgan fingerprint density at radius 2 is 2.00 bits per heavy atom. The molecule has 172 valence electrons. The zero-order chi connectivity index (χ0) is 22.8. The number of benzene rings is 1. The molecule has 0 N–H and O–H groups in total. The van der Waals surface area contributed by atoms with E-state index in [-0.39, 0.29) is 24.1 Å². The third kappa shape index (κ3) is 4.74. The van der Waals surface area contributed by atoms with Crippen molar-refractivity contribution in [3.05, 3.63) is 59.8 Å². The molecule has 2 aromatic heterocycles. The quantitative estimate of drug-likeness (QED) is 0.597. The molecule has 8 heteroatoms. The molecule has 2 aliphatic rings. The van der Waals surface area contributed by atoms with Gasteiger partial charge in [-0.3, -0.25) is 9.48 Å². The smallest absolute Gasteiger partial charge is 0.227 e. The van der Waals surface area contributed by atoms with Crippen LogP contribution in [-0.2, 0) is 18.3 Å². The summed E-state index contributed by atoms with van der Waals surface area (Å²) in [4.78, 5) is 26.4. The molecule has 1 amide bonds. The standard InChI is InChI=1S/C25H29FN6O/c1-30-17-21(22-9-10-27-25(28-22)31-11-2-3-12-31)24(29-30)19-7-5-13-32(16-19)23(33)15-18-6-4-8-20(26)14-18/h4,6,8-10,14,17,19H,2-3,5,7,11-13,15-16H2,1H3/t19-/m1/s1. The Kier molecular flexibility index (Phi) is 6.07.